The lowest BCUT2D eigenvalue weighted by Crippen LogP contribution is -2.22. The first-order valence-electron chi connectivity index (χ1n) is 5.64. The lowest BCUT2D eigenvalue weighted by atomic mass is 10.1. The summed E-state index contributed by atoms with van der Waals surface area (Å²) in [5.41, 5.74) is 1.36. The van der Waals surface area contributed by atoms with Crippen molar-refractivity contribution in [2.75, 3.05) is 14.1 Å². The van der Waals surface area contributed by atoms with Gasteiger partial charge in [0.1, 0.15) is 0 Å². The lowest BCUT2D eigenvalue weighted by Gasteiger charge is -2.17. The first kappa shape index (κ1) is 12.6. The van der Waals surface area contributed by atoms with Gasteiger partial charge in [-0.05, 0) is 43.9 Å². The molecule has 0 saturated heterocycles. The predicted octanol–water partition coefficient (Wildman–Crippen LogP) is 4.19. The number of nitrogens with zero attached hydrogens (tertiary/aromatic N) is 1. The molecular weight excluding hydrogens is 246 g/mol. The van der Waals surface area contributed by atoms with Gasteiger partial charge in [-0.25, -0.2) is 0 Å². The van der Waals surface area contributed by atoms with E-state index in [2.05, 4.69) is 67.0 Å². The molecule has 2 heterocycles. The maximum atomic E-state index is 2.34. The number of likely N-dealkylation sites (N-methyl/N-ethyl adjacent to an activating group) is 1. The number of hydrogen-bond donors (Lipinski definition) is 0. The van der Waals surface area contributed by atoms with Gasteiger partial charge in [-0.15, -0.1) is 22.7 Å². The standard InChI is InChI=1S/C14H17NS2/c1-11(15(2)3)10-12(13-6-4-8-16-13)14-7-5-9-17-14/h4-11H,1-3H3. The summed E-state index contributed by atoms with van der Waals surface area (Å²) in [4.78, 5) is 4.92. The summed E-state index contributed by atoms with van der Waals surface area (Å²) in [6.45, 7) is 2.22. The number of thiophene rings is 2. The second kappa shape index (κ2) is 5.63. The van der Waals surface area contributed by atoms with Gasteiger partial charge in [-0.1, -0.05) is 18.2 Å². The molecule has 0 saturated carbocycles. The summed E-state index contributed by atoms with van der Waals surface area (Å²) in [5.74, 6) is 0. The Morgan fingerprint density at radius 3 is 2.00 bits per heavy atom. The van der Waals surface area contributed by atoms with E-state index in [0.717, 1.165) is 0 Å². The number of rotatable bonds is 4. The van der Waals surface area contributed by atoms with Crippen LogP contribution in [-0.2, 0) is 0 Å². The van der Waals surface area contributed by atoms with E-state index in [9.17, 15) is 0 Å². The van der Waals surface area contributed by atoms with Crippen LogP contribution in [-0.4, -0.2) is 25.0 Å². The topological polar surface area (TPSA) is 3.24 Å². The van der Waals surface area contributed by atoms with Gasteiger partial charge in [0, 0.05) is 21.4 Å². The van der Waals surface area contributed by atoms with Crippen molar-refractivity contribution in [2.45, 2.75) is 13.0 Å². The molecular formula is C14H17NS2. The largest absolute Gasteiger partial charge is 0.303 e. The SMILES string of the molecule is CC(C=C(c1cccs1)c1cccs1)N(C)C. The second-order valence-corrected chi connectivity index (χ2v) is 6.13. The van der Waals surface area contributed by atoms with Crippen molar-refractivity contribution in [3.05, 3.63) is 50.9 Å². The molecule has 0 aliphatic heterocycles. The Labute approximate surface area is 111 Å². The van der Waals surface area contributed by atoms with Gasteiger partial charge in [0.25, 0.3) is 0 Å². The average molecular weight is 263 g/mol. The van der Waals surface area contributed by atoms with E-state index in [1.165, 1.54) is 15.3 Å². The van der Waals surface area contributed by atoms with Crippen LogP contribution in [0.3, 0.4) is 0 Å². The van der Waals surface area contributed by atoms with Crippen molar-refractivity contribution in [2.24, 2.45) is 0 Å². The molecule has 1 nitrogen and oxygen atoms in total. The molecule has 1 atom stereocenters. The highest BCUT2D eigenvalue weighted by molar-refractivity contribution is 7.13. The third kappa shape index (κ3) is 3.06. The fourth-order valence-electron chi connectivity index (χ4n) is 1.54. The summed E-state index contributed by atoms with van der Waals surface area (Å²) in [6.07, 6.45) is 2.34. The Bertz CT molecular complexity index is 430. The molecule has 2 aromatic heterocycles. The molecule has 0 N–H and O–H groups in total. The van der Waals surface area contributed by atoms with E-state index < -0.39 is 0 Å². The molecule has 0 aromatic carbocycles. The molecule has 90 valence electrons. The smallest absolute Gasteiger partial charge is 0.0354 e. The van der Waals surface area contributed by atoms with Gasteiger partial charge in [0.2, 0.25) is 0 Å². The van der Waals surface area contributed by atoms with E-state index in [-0.39, 0.29) is 0 Å². The van der Waals surface area contributed by atoms with Crippen LogP contribution in [0.1, 0.15) is 16.7 Å². The highest BCUT2D eigenvalue weighted by Gasteiger charge is 2.10. The van der Waals surface area contributed by atoms with E-state index in [1.807, 2.05) is 0 Å². The molecule has 17 heavy (non-hydrogen) atoms. The first-order chi connectivity index (χ1) is 8.18. The Morgan fingerprint density at radius 1 is 1.12 bits per heavy atom. The van der Waals surface area contributed by atoms with Crippen LogP contribution in [0, 0.1) is 0 Å². The maximum absolute atomic E-state index is 2.34. The molecule has 0 spiro atoms. The van der Waals surface area contributed by atoms with Crippen LogP contribution in [0.4, 0.5) is 0 Å². The van der Waals surface area contributed by atoms with Crippen molar-refractivity contribution < 1.29 is 0 Å². The van der Waals surface area contributed by atoms with E-state index in [0.29, 0.717) is 6.04 Å². The highest BCUT2D eigenvalue weighted by atomic mass is 32.1. The molecule has 2 aromatic rings. The van der Waals surface area contributed by atoms with E-state index >= 15 is 0 Å². The summed E-state index contributed by atoms with van der Waals surface area (Å²) >= 11 is 3.61. The minimum absolute atomic E-state index is 0.439. The van der Waals surface area contributed by atoms with Gasteiger partial charge in [0.05, 0.1) is 0 Å². The normalized spacial score (nSPS) is 12.7. The van der Waals surface area contributed by atoms with Crippen molar-refractivity contribution >= 4 is 28.2 Å². The van der Waals surface area contributed by atoms with E-state index in [4.69, 9.17) is 0 Å². The molecule has 1 unspecified atom stereocenters. The zero-order valence-corrected chi connectivity index (χ0v) is 12.0. The summed E-state index contributed by atoms with van der Waals surface area (Å²) in [5, 5.41) is 4.27. The van der Waals surface area contributed by atoms with E-state index in [1.54, 1.807) is 22.7 Å². The van der Waals surface area contributed by atoms with Gasteiger partial charge in [-0.2, -0.15) is 0 Å². The van der Waals surface area contributed by atoms with Crippen LogP contribution in [0.25, 0.3) is 5.57 Å². The minimum Gasteiger partial charge on any atom is -0.303 e. The Kier molecular flexibility index (Phi) is 4.15. The molecule has 0 aliphatic carbocycles. The molecule has 0 aliphatic rings. The summed E-state index contributed by atoms with van der Waals surface area (Å²) < 4.78 is 0. The van der Waals surface area contributed by atoms with Crippen LogP contribution < -0.4 is 0 Å². The zero-order chi connectivity index (χ0) is 12.3. The molecule has 0 radical (unpaired) electrons. The Hall–Kier alpha value is -0.900. The third-order valence-corrected chi connectivity index (χ3v) is 4.60. The Morgan fingerprint density at radius 2 is 1.65 bits per heavy atom. The van der Waals surface area contributed by atoms with Crippen LogP contribution in [0.2, 0.25) is 0 Å². The quantitative estimate of drug-likeness (QED) is 0.799. The van der Waals surface area contributed by atoms with Crippen molar-refractivity contribution in [3.63, 3.8) is 0 Å². The molecule has 0 amide bonds. The van der Waals surface area contributed by atoms with Crippen LogP contribution in [0.5, 0.6) is 0 Å². The molecule has 3 heteroatoms. The third-order valence-electron chi connectivity index (χ3n) is 2.80. The average Bonchev–Trinajstić information content (AvgIpc) is 2.98. The van der Waals surface area contributed by atoms with Crippen molar-refractivity contribution in [1.82, 2.24) is 4.90 Å². The van der Waals surface area contributed by atoms with Crippen molar-refractivity contribution in [1.29, 1.82) is 0 Å². The van der Waals surface area contributed by atoms with Gasteiger partial charge in [0.15, 0.2) is 0 Å². The van der Waals surface area contributed by atoms with Crippen molar-refractivity contribution in [3.8, 4) is 0 Å². The number of hydrogen-bond acceptors (Lipinski definition) is 3. The highest BCUT2D eigenvalue weighted by Crippen LogP contribution is 2.30. The van der Waals surface area contributed by atoms with Gasteiger partial charge < -0.3 is 4.90 Å². The minimum atomic E-state index is 0.439. The fraction of sp³-hybridized carbons (Fsp3) is 0.286. The first-order valence-corrected chi connectivity index (χ1v) is 7.40. The van der Waals surface area contributed by atoms with Crippen LogP contribution >= 0.6 is 22.7 Å². The monoisotopic (exact) mass is 263 g/mol. The molecule has 2 rings (SSSR count). The second-order valence-electron chi connectivity index (χ2n) is 4.24. The molecule has 0 bridgehead atoms. The van der Waals surface area contributed by atoms with Gasteiger partial charge >= 0.3 is 0 Å². The predicted molar refractivity (Wildman–Crippen MR) is 78.9 cm³/mol. The molecule has 0 fully saturated rings. The zero-order valence-electron chi connectivity index (χ0n) is 10.4. The summed E-state index contributed by atoms with van der Waals surface area (Å²) in [7, 11) is 4.23. The van der Waals surface area contributed by atoms with Gasteiger partial charge in [-0.3, -0.25) is 0 Å². The van der Waals surface area contributed by atoms with Crippen LogP contribution in [0.15, 0.2) is 41.1 Å². The lowest BCUT2D eigenvalue weighted by molar-refractivity contribution is 0.364. The summed E-state index contributed by atoms with van der Waals surface area (Å²) in [6, 6.07) is 9.05. The fourth-order valence-corrected chi connectivity index (χ4v) is 3.14. The Balaban J connectivity index is 2.38. The maximum Gasteiger partial charge on any atom is 0.0354 e.